The van der Waals surface area contributed by atoms with E-state index in [4.69, 9.17) is 0 Å². The number of amides is 2. The van der Waals surface area contributed by atoms with Crippen molar-refractivity contribution in [3.8, 4) is 0 Å². The van der Waals surface area contributed by atoms with Gasteiger partial charge in [-0.05, 0) is 30.3 Å². The van der Waals surface area contributed by atoms with Crippen LogP contribution in [-0.4, -0.2) is 35.2 Å². The van der Waals surface area contributed by atoms with Crippen LogP contribution in [0.4, 0.5) is 4.79 Å². The molecule has 6 heteroatoms. The fourth-order valence-electron chi connectivity index (χ4n) is 1.79. The van der Waals surface area contributed by atoms with Gasteiger partial charge in [0.2, 0.25) is 0 Å². The van der Waals surface area contributed by atoms with Crippen LogP contribution in [-0.2, 0) is 14.3 Å². The zero-order chi connectivity index (χ0) is 14.7. The Morgan fingerprint density at radius 3 is 2.55 bits per heavy atom. The number of carbonyl (C=O) groups excluding carboxylic acids is 3. The van der Waals surface area contributed by atoms with E-state index < -0.39 is 23.2 Å². The van der Waals surface area contributed by atoms with E-state index in [0.29, 0.717) is 4.91 Å². The first-order valence-corrected chi connectivity index (χ1v) is 6.76. The van der Waals surface area contributed by atoms with Gasteiger partial charge in [0.25, 0.3) is 11.1 Å². The smallest absolute Gasteiger partial charge is 0.328 e. The maximum absolute atomic E-state index is 12.2. The molecule has 1 saturated heterocycles. The molecule has 0 aromatic heterocycles. The Morgan fingerprint density at radius 2 is 1.95 bits per heavy atom. The van der Waals surface area contributed by atoms with E-state index in [1.165, 1.54) is 14.0 Å². The molecule has 5 nitrogen and oxygen atoms in total. The summed E-state index contributed by atoms with van der Waals surface area (Å²) in [5.41, 5.74) is 0.823. The fraction of sp³-hybridized carbons (Fsp3) is 0.214. The van der Waals surface area contributed by atoms with Gasteiger partial charge in [-0.15, -0.1) is 0 Å². The quantitative estimate of drug-likeness (QED) is 0.631. The van der Waals surface area contributed by atoms with Gasteiger partial charge < -0.3 is 4.74 Å². The molecule has 0 aliphatic carbocycles. The average molecular weight is 291 g/mol. The van der Waals surface area contributed by atoms with E-state index in [1.807, 2.05) is 30.3 Å². The monoisotopic (exact) mass is 291 g/mol. The number of methoxy groups -OCH3 is 1. The average Bonchev–Trinajstić information content (AvgIpc) is 2.73. The molecule has 0 radical (unpaired) electrons. The molecular weight excluding hydrogens is 278 g/mol. The second-order valence-electron chi connectivity index (χ2n) is 4.16. The highest BCUT2D eigenvalue weighted by atomic mass is 32.2. The van der Waals surface area contributed by atoms with E-state index in [2.05, 4.69) is 4.74 Å². The lowest BCUT2D eigenvalue weighted by Crippen LogP contribution is -2.42. The van der Waals surface area contributed by atoms with Gasteiger partial charge in [-0.25, -0.2) is 4.79 Å². The number of hydrogen-bond acceptors (Lipinski definition) is 5. The summed E-state index contributed by atoms with van der Waals surface area (Å²) < 4.78 is 4.56. The van der Waals surface area contributed by atoms with E-state index in [1.54, 1.807) is 6.08 Å². The molecule has 2 amide bonds. The molecular formula is C14H13NO4S. The molecule has 1 atom stereocenters. The number of ether oxygens (including phenoxy) is 1. The summed E-state index contributed by atoms with van der Waals surface area (Å²) in [4.78, 5) is 36.7. The first-order valence-electron chi connectivity index (χ1n) is 5.94. The third kappa shape index (κ3) is 2.75. The van der Waals surface area contributed by atoms with Crippen molar-refractivity contribution < 1.29 is 19.1 Å². The van der Waals surface area contributed by atoms with Crippen LogP contribution in [0.5, 0.6) is 0 Å². The Labute approximate surface area is 120 Å². The van der Waals surface area contributed by atoms with Crippen LogP contribution < -0.4 is 0 Å². The molecule has 1 heterocycles. The van der Waals surface area contributed by atoms with Gasteiger partial charge >= 0.3 is 5.97 Å². The Bertz CT molecular complexity index is 582. The van der Waals surface area contributed by atoms with Crippen molar-refractivity contribution in [3.05, 3.63) is 40.8 Å². The maximum atomic E-state index is 12.2. The summed E-state index contributed by atoms with van der Waals surface area (Å²) in [5.74, 6) is -1.09. The van der Waals surface area contributed by atoms with Crippen LogP contribution in [0.15, 0.2) is 35.2 Å². The standard InChI is InChI=1S/C14H13NO4S/c1-9(13(17)19-2)15-12(16)11(20-14(15)18)8-10-6-4-3-5-7-10/h3-9H,1-2H3/b11-8+/t9-/m0/s1. The molecule has 0 N–H and O–H groups in total. The highest BCUT2D eigenvalue weighted by molar-refractivity contribution is 8.18. The van der Waals surface area contributed by atoms with E-state index in [9.17, 15) is 14.4 Å². The summed E-state index contributed by atoms with van der Waals surface area (Å²) in [7, 11) is 1.22. The fourth-order valence-corrected chi connectivity index (χ4v) is 2.70. The minimum Gasteiger partial charge on any atom is -0.467 e. The van der Waals surface area contributed by atoms with E-state index in [-0.39, 0.29) is 0 Å². The number of imide groups is 1. The van der Waals surface area contributed by atoms with Crippen LogP contribution in [0, 0.1) is 0 Å². The lowest BCUT2D eigenvalue weighted by atomic mass is 10.2. The summed E-state index contributed by atoms with van der Waals surface area (Å²) in [6, 6.07) is 8.28. The highest BCUT2D eigenvalue weighted by Gasteiger charge is 2.41. The molecule has 1 aromatic carbocycles. The number of esters is 1. The van der Waals surface area contributed by atoms with Crippen molar-refractivity contribution in [1.29, 1.82) is 0 Å². The van der Waals surface area contributed by atoms with Crippen LogP contribution >= 0.6 is 11.8 Å². The number of nitrogens with zero attached hydrogens (tertiary/aromatic N) is 1. The second kappa shape index (κ2) is 5.92. The van der Waals surface area contributed by atoms with Crippen molar-refractivity contribution in [3.63, 3.8) is 0 Å². The van der Waals surface area contributed by atoms with Gasteiger partial charge in [-0.2, -0.15) is 0 Å². The Kier molecular flexibility index (Phi) is 4.24. The molecule has 0 bridgehead atoms. The zero-order valence-corrected chi connectivity index (χ0v) is 11.8. The van der Waals surface area contributed by atoms with Crippen LogP contribution in [0.2, 0.25) is 0 Å². The van der Waals surface area contributed by atoms with Gasteiger partial charge in [-0.1, -0.05) is 30.3 Å². The zero-order valence-electron chi connectivity index (χ0n) is 11.0. The first kappa shape index (κ1) is 14.3. The largest absolute Gasteiger partial charge is 0.467 e. The summed E-state index contributed by atoms with van der Waals surface area (Å²) in [6.45, 7) is 1.47. The van der Waals surface area contributed by atoms with Crippen molar-refractivity contribution in [2.24, 2.45) is 0 Å². The predicted molar refractivity (Wildman–Crippen MR) is 75.7 cm³/mol. The van der Waals surface area contributed by atoms with Gasteiger partial charge in [0.15, 0.2) is 0 Å². The number of benzene rings is 1. The van der Waals surface area contributed by atoms with Gasteiger partial charge in [0.05, 0.1) is 12.0 Å². The lowest BCUT2D eigenvalue weighted by Gasteiger charge is -2.18. The second-order valence-corrected chi connectivity index (χ2v) is 5.15. The van der Waals surface area contributed by atoms with E-state index in [0.717, 1.165) is 22.2 Å². The Hall–Kier alpha value is -2.08. The number of rotatable bonds is 3. The maximum Gasteiger partial charge on any atom is 0.328 e. The molecule has 1 aliphatic rings. The van der Waals surface area contributed by atoms with Gasteiger partial charge in [0, 0.05) is 0 Å². The van der Waals surface area contributed by atoms with Crippen molar-refractivity contribution in [2.75, 3.05) is 7.11 Å². The van der Waals surface area contributed by atoms with E-state index >= 15 is 0 Å². The third-order valence-electron chi connectivity index (χ3n) is 2.85. The Balaban J connectivity index is 2.25. The van der Waals surface area contributed by atoms with Crippen molar-refractivity contribution in [2.45, 2.75) is 13.0 Å². The van der Waals surface area contributed by atoms with Crippen molar-refractivity contribution in [1.82, 2.24) is 4.90 Å². The number of hydrogen-bond donors (Lipinski definition) is 0. The van der Waals surface area contributed by atoms with Gasteiger partial charge in [-0.3, -0.25) is 14.5 Å². The molecule has 2 rings (SSSR count). The van der Waals surface area contributed by atoms with Crippen LogP contribution in [0.25, 0.3) is 6.08 Å². The van der Waals surface area contributed by atoms with Crippen LogP contribution in [0.1, 0.15) is 12.5 Å². The van der Waals surface area contributed by atoms with Crippen molar-refractivity contribution >= 4 is 35.0 Å². The molecule has 20 heavy (non-hydrogen) atoms. The highest BCUT2D eigenvalue weighted by Crippen LogP contribution is 2.33. The summed E-state index contributed by atoms with van der Waals surface area (Å²) in [5, 5.41) is -0.463. The number of carbonyl (C=O) groups is 3. The molecule has 104 valence electrons. The third-order valence-corrected chi connectivity index (χ3v) is 3.73. The summed E-state index contributed by atoms with van der Waals surface area (Å²) >= 11 is 0.824. The topological polar surface area (TPSA) is 63.7 Å². The molecule has 1 fully saturated rings. The molecule has 1 aliphatic heterocycles. The SMILES string of the molecule is COC(=O)[C@H](C)N1C(=O)S/C(=C/c2ccccc2)C1=O. The predicted octanol–water partition coefficient (Wildman–Crippen LogP) is 2.28. The minimum atomic E-state index is -0.922. The first-order chi connectivity index (χ1) is 9.54. The molecule has 0 spiro atoms. The van der Waals surface area contributed by atoms with Gasteiger partial charge in [0.1, 0.15) is 6.04 Å². The summed E-state index contributed by atoms with van der Waals surface area (Å²) in [6.07, 6.45) is 1.63. The molecule has 1 aromatic rings. The Morgan fingerprint density at radius 1 is 1.30 bits per heavy atom. The lowest BCUT2D eigenvalue weighted by molar-refractivity contribution is -0.148. The van der Waals surface area contributed by atoms with Crippen LogP contribution in [0.3, 0.4) is 0 Å². The molecule has 0 saturated carbocycles. The number of thioether (sulfide) groups is 1. The normalized spacial score (nSPS) is 18.5. The minimum absolute atomic E-state index is 0.303. The molecule has 0 unspecified atom stereocenters.